The number of likely N-dealkylation sites (N-methyl/N-ethyl adjacent to an activating group) is 1. The molecule has 0 bridgehead atoms. The zero-order valence-electron chi connectivity index (χ0n) is 11.5. The second-order valence-corrected chi connectivity index (χ2v) is 6.96. The van der Waals surface area contributed by atoms with Crippen LogP contribution >= 0.6 is 0 Å². The topological polar surface area (TPSA) is 49.4 Å². The molecule has 1 aliphatic rings. The van der Waals surface area contributed by atoms with E-state index in [1.807, 2.05) is 11.9 Å². The van der Waals surface area contributed by atoms with Gasteiger partial charge in [0.1, 0.15) is 0 Å². The number of rotatable bonds is 3. The van der Waals surface area contributed by atoms with Crippen molar-refractivity contribution in [3.63, 3.8) is 0 Å². The van der Waals surface area contributed by atoms with Gasteiger partial charge in [-0.25, -0.2) is 13.1 Å². The number of piperidine rings is 1. The average Bonchev–Trinajstić information content (AvgIpc) is 2.37. The van der Waals surface area contributed by atoms with Crippen LogP contribution in [0.25, 0.3) is 0 Å². The monoisotopic (exact) mass is 322 g/mol. The summed E-state index contributed by atoms with van der Waals surface area (Å²) in [5.41, 5.74) is -0.967. The molecule has 0 spiro atoms. The zero-order valence-corrected chi connectivity index (χ0v) is 12.3. The first-order chi connectivity index (χ1) is 9.68. The second-order valence-electron chi connectivity index (χ2n) is 5.25. The Kier molecular flexibility index (Phi) is 4.60. The largest absolute Gasteiger partial charge is 0.416 e. The maximum atomic E-state index is 12.6. The van der Waals surface area contributed by atoms with E-state index in [4.69, 9.17) is 0 Å². The van der Waals surface area contributed by atoms with Crippen LogP contribution in [0.3, 0.4) is 0 Å². The highest BCUT2D eigenvalue weighted by atomic mass is 32.2. The fourth-order valence-corrected chi connectivity index (χ4v) is 3.70. The van der Waals surface area contributed by atoms with E-state index in [1.54, 1.807) is 0 Å². The van der Waals surface area contributed by atoms with Gasteiger partial charge >= 0.3 is 6.18 Å². The first-order valence-corrected chi connectivity index (χ1v) is 8.05. The van der Waals surface area contributed by atoms with Gasteiger partial charge in [-0.3, -0.25) is 0 Å². The van der Waals surface area contributed by atoms with Gasteiger partial charge in [-0.05, 0) is 44.6 Å². The number of nitrogens with one attached hydrogen (secondary N) is 1. The van der Waals surface area contributed by atoms with Crippen molar-refractivity contribution in [1.29, 1.82) is 0 Å². The molecule has 0 unspecified atom stereocenters. The highest BCUT2D eigenvalue weighted by molar-refractivity contribution is 7.89. The van der Waals surface area contributed by atoms with Gasteiger partial charge in [-0.15, -0.1) is 0 Å². The minimum atomic E-state index is -4.56. The summed E-state index contributed by atoms with van der Waals surface area (Å²) in [5.74, 6) is 0. The van der Waals surface area contributed by atoms with Crippen LogP contribution in [-0.2, 0) is 16.2 Å². The Balaban J connectivity index is 2.19. The van der Waals surface area contributed by atoms with Crippen molar-refractivity contribution in [1.82, 2.24) is 9.62 Å². The van der Waals surface area contributed by atoms with E-state index in [0.29, 0.717) is 19.0 Å². The Labute approximate surface area is 122 Å². The van der Waals surface area contributed by atoms with Gasteiger partial charge in [0, 0.05) is 12.6 Å². The maximum Gasteiger partial charge on any atom is 0.416 e. The van der Waals surface area contributed by atoms with Crippen molar-refractivity contribution in [2.75, 3.05) is 20.1 Å². The summed E-state index contributed by atoms with van der Waals surface area (Å²) in [6, 6.07) is 3.51. The lowest BCUT2D eigenvalue weighted by Gasteiger charge is -2.30. The molecule has 1 aliphatic heterocycles. The number of likely N-dealkylation sites (tertiary alicyclic amines) is 1. The fourth-order valence-electron chi connectivity index (χ4n) is 2.39. The molecule has 0 aromatic heterocycles. The summed E-state index contributed by atoms with van der Waals surface area (Å²) in [6.45, 7) is 1.44. The third-order valence-electron chi connectivity index (χ3n) is 3.42. The number of alkyl halides is 3. The third kappa shape index (κ3) is 4.18. The van der Waals surface area contributed by atoms with Crippen LogP contribution in [0.2, 0.25) is 0 Å². The van der Waals surface area contributed by atoms with E-state index in [0.717, 1.165) is 25.1 Å². The van der Waals surface area contributed by atoms with Crippen LogP contribution < -0.4 is 4.72 Å². The lowest BCUT2D eigenvalue weighted by molar-refractivity contribution is -0.137. The zero-order chi connectivity index (χ0) is 15.7. The summed E-state index contributed by atoms with van der Waals surface area (Å²) in [7, 11) is -2.06. The Bertz CT molecular complexity index is 602. The first kappa shape index (κ1) is 16.3. The molecule has 4 nitrogen and oxygen atoms in total. The van der Waals surface area contributed by atoms with Crippen molar-refractivity contribution in [3.05, 3.63) is 29.8 Å². The SMILES string of the molecule is CN1CCC[C@@H](NS(=O)(=O)c2cccc(C(F)(F)F)c2)C1. The van der Waals surface area contributed by atoms with E-state index in [1.165, 1.54) is 6.07 Å². The summed E-state index contributed by atoms with van der Waals surface area (Å²) in [4.78, 5) is 1.63. The number of hydrogen-bond acceptors (Lipinski definition) is 3. The Morgan fingerprint density at radius 1 is 1.33 bits per heavy atom. The molecule has 0 radical (unpaired) electrons. The summed E-state index contributed by atoms with van der Waals surface area (Å²) in [6.07, 6.45) is -3.02. The van der Waals surface area contributed by atoms with Crippen molar-refractivity contribution < 1.29 is 21.6 Å². The number of sulfonamides is 1. The Morgan fingerprint density at radius 3 is 2.67 bits per heavy atom. The predicted molar refractivity (Wildman–Crippen MR) is 72.3 cm³/mol. The summed E-state index contributed by atoms with van der Waals surface area (Å²) < 4.78 is 64.8. The Morgan fingerprint density at radius 2 is 2.05 bits per heavy atom. The highest BCUT2D eigenvalue weighted by Crippen LogP contribution is 2.30. The van der Waals surface area contributed by atoms with Crippen molar-refractivity contribution in [2.45, 2.75) is 30.0 Å². The van der Waals surface area contributed by atoms with Gasteiger partial charge < -0.3 is 4.90 Å². The van der Waals surface area contributed by atoms with Crippen LogP contribution in [0.4, 0.5) is 13.2 Å². The second kappa shape index (κ2) is 5.94. The highest BCUT2D eigenvalue weighted by Gasteiger charge is 2.32. The molecule has 1 N–H and O–H groups in total. The summed E-state index contributed by atoms with van der Waals surface area (Å²) in [5, 5.41) is 0. The number of hydrogen-bond donors (Lipinski definition) is 1. The van der Waals surface area contributed by atoms with E-state index >= 15 is 0 Å². The molecule has 21 heavy (non-hydrogen) atoms. The Hall–Kier alpha value is -1.12. The molecule has 0 saturated carbocycles. The normalized spacial score (nSPS) is 21.4. The smallest absolute Gasteiger partial charge is 0.305 e. The maximum absolute atomic E-state index is 12.6. The predicted octanol–water partition coefficient (Wildman–Crippen LogP) is 2.08. The molecule has 1 atom stereocenters. The minimum Gasteiger partial charge on any atom is -0.305 e. The molecule has 1 aromatic rings. The molecule has 0 aliphatic carbocycles. The fraction of sp³-hybridized carbons (Fsp3) is 0.538. The van der Waals surface area contributed by atoms with Gasteiger partial charge in [0.05, 0.1) is 10.5 Å². The standard InChI is InChI=1S/C13H17F3N2O2S/c1-18-7-3-5-11(9-18)17-21(19,20)12-6-2-4-10(8-12)13(14,15)16/h2,4,6,8,11,17H,3,5,7,9H2,1H3/t11-/m1/s1. The van der Waals surface area contributed by atoms with Crippen LogP contribution in [0.15, 0.2) is 29.2 Å². The van der Waals surface area contributed by atoms with Crippen molar-refractivity contribution in [2.24, 2.45) is 0 Å². The molecular weight excluding hydrogens is 305 g/mol. The number of nitrogens with zero attached hydrogens (tertiary/aromatic N) is 1. The number of halogens is 3. The molecule has 1 fully saturated rings. The molecule has 8 heteroatoms. The molecule has 1 saturated heterocycles. The van der Waals surface area contributed by atoms with Crippen LogP contribution in [0.1, 0.15) is 18.4 Å². The van der Waals surface area contributed by atoms with Crippen LogP contribution in [0, 0.1) is 0 Å². The molecule has 118 valence electrons. The first-order valence-electron chi connectivity index (χ1n) is 6.56. The molecule has 1 aromatic carbocycles. The van der Waals surface area contributed by atoms with Gasteiger partial charge in [0.2, 0.25) is 10.0 Å². The van der Waals surface area contributed by atoms with E-state index in [2.05, 4.69) is 4.72 Å². The average molecular weight is 322 g/mol. The minimum absolute atomic E-state index is 0.275. The molecule has 1 heterocycles. The quantitative estimate of drug-likeness (QED) is 0.927. The lowest BCUT2D eigenvalue weighted by Crippen LogP contribution is -2.46. The van der Waals surface area contributed by atoms with Gasteiger partial charge in [0.15, 0.2) is 0 Å². The van der Waals surface area contributed by atoms with Crippen molar-refractivity contribution >= 4 is 10.0 Å². The van der Waals surface area contributed by atoms with Crippen LogP contribution in [0.5, 0.6) is 0 Å². The third-order valence-corrected chi connectivity index (χ3v) is 4.94. The van der Waals surface area contributed by atoms with E-state index < -0.39 is 21.8 Å². The molecule has 0 amide bonds. The van der Waals surface area contributed by atoms with Gasteiger partial charge in [0.25, 0.3) is 0 Å². The van der Waals surface area contributed by atoms with Gasteiger partial charge in [-0.2, -0.15) is 13.2 Å². The van der Waals surface area contributed by atoms with Crippen LogP contribution in [-0.4, -0.2) is 39.5 Å². The summed E-state index contributed by atoms with van der Waals surface area (Å²) >= 11 is 0. The van der Waals surface area contributed by atoms with Gasteiger partial charge in [-0.1, -0.05) is 6.07 Å². The number of benzene rings is 1. The van der Waals surface area contributed by atoms with E-state index in [9.17, 15) is 21.6 Å². The van der Waals surface area contributed by atoms with Crippen molar-refractivity contribution in [3.8, 4) is 0 Å². The lowest BCUT2D eigenvalue weighted by atomic mass is 10.1. The molecular formula is C13H17F3N2O2S. The van der Waals surface area contributed by atoms with E-state index in [-0.39, 0.29) is 10.9 Å². The molecule has 2 rings (SSSR count).